The quantitative estimate of drug-likeness (QED) is 0.825. The molecule has 0 spiro atoms. The largest absolute Gasteiger partial charge is 0.507 e. The molecular formula is C15H22O2. The lowest BCUT2D eigenvalue weighted by atomic mass is 9.83. The molecule has 0 amide bonds. The molecule has 2 rings (SSSR count). The zero-order chi connectivity index (χ0) is 12.4. The highest BCUT2D eigenvalue weighted by molar-refractivity contribution is 5.42. The van der Waals surface area contributed by atoms with Gasteiger partial charge in [0.2, 0.25) is 0 Å². The van der Waals surface area contributed by atoms with Crippen molar-refractivity contribution < 1.29 is 10.2 Å². The molecule has 2 nitrogen and oxygen atoms in total. The van der Waals surface area contributed by atoms with Crippen molar-refractivity contribution in [2.45, 2.75) is 52.1 Å². The summed E-state index contributed by atoms with van der Waals surface area (Å²) in [5.41, 5.74) is 3.26. The van der Waals surface area contributed by atoms with Crippen molar-refractivity contribution in [1.29, 1.82) is 0 Å². The maximum absolute atomic E-state index is 9.74. The fraction of sp³-hybridized carbons (Fsp3) is 0.600. The van der Waals surface area contributed by atoms with Gasteiger partial charge in [0.05, 0.1) is 6.10 Å². The van der Waals surface area contributed by atoms with Crippen LogP contribution in [0.2, 0.25) is 0 Å². The van der Waals surface area contributed by atoms with Gasteiger partial charge < -0.3 is 10.2 Å². The van der Waals surface area contributed by atoms with Gasteiger partial charge in [-0.15, -0.1) is 0 Å². The Bertz CT molecular complexity index is 367. The van der Waals surface area contributed by atoms with Gasteiger partial charge in [-0.25, -0.2) is 0 Å². The average Bonchev–Trinajstić information content (AvgIpc) is 2.29. The Balaban J connectivity index is 2.04. The molecule has 0 saturated heterocycles. The van der Waals surface area contributed by atoms with Gasteiger partial charge in [0.15, 0.2) is 0 Å². The second kappa shape index (κ2) is 5.09. The highest BCUT2D eigenvalue weighted by atomic mass is 16.3. The van der Waals surface area contributed by atoms with Crippen molar-refractivity contribution in [1.82, 2.24) is 0 Å². The molecule has 2 N–H and O–H groups in total. The number of rotatable bonds is 2. The van der Waals surface area contributed by atoms with Gasteiger partial charge in [-0.2, -0.15) is 0 Å². The maximum atomic E-state index is 9.74. The van der Waals surface area contributed by atoms with Gasteiger partial charge in [0.25, 0.3) is 0 Å². The second-order valence-electron chi connectivity index (χ2n) is 5.46. The Labute approximate surface area is 103 Å². The highest BCUT2D eigenvalue weighted by Crippen LogP contribution is 2.29. The predicted molar refractivity (Wildman–Crippen MR) is 69.2 cm³/mol. The molecule has 0 unspecified atom stereocenters. The monoisotopic (exact) mass is 234 g/mol. The summed E-state index contributed by atoms with van der Waals surface area (Å²) < 4.78 is 0. The summed E-state index contributed by atoms with van der Waals surface area (Å²) >= 11 is 0. The molecular weight excluding hydrogens is 212 g/mol. The molecule has 17 heavy (non-hydrogen) atoms. The number of benzene rings is 1. The van der Waals surface area contributed by atoms with E-state index in [0.717, 1.165) is 43.2 Å². The van der Waals surface area contributed by atoms with E-state index >= 15 is 0 Å². The molecule has 0 aliphatic heterocycles. The van der Waals surface area contributed by atoms with Gasteiger partial charge >= 0.3 is 0 Å². The predicted octanol–water partition coefficient (Wildman–Crippen LogP) is 3.10. The molecule has 2 heteroatoms. The molecule has 0 bridgehead atoms. The summed E-state index contributed by atoms with van der Waals surface area (Å²) in [5, 5.41) is 19.2. The smallest absolute Gasteiger partial charge is 0.121 e. The molecule has 0 atom stereocenters. The van der Waals surface area contributed by atoms with E-state index < -0.39 is 0 Å². The lowest BCUT2D eigenvalue weighted by molar-refractivity contribution is 0.108. The molecule has 0 aromatic heterocycles. The van der Waals surface area contributed by atoms with E-state index in [1.165, 1.54) is 5.56 Å². The van der Waals surface area contributed by atoms with E-state index in [1.54, 1.807) is 0 Å². The van der Waals surface area contributed by atoms with E-state index in [2.05, 4.69) is 12.1 Å². The van der Waals surface area contributed by atoms with Crippen LogP contribution in [-0.4, -0.2) is 16.3 Å². The molecule has 1 aliphatic rings. The van der Waals surface area contributed by atoms with E-state index in [4.69, 9.17) is 0 Å². The van der Waals surface area contributed by atoms with Crippen LogP contribution in [0.4, 0.5) is 0 Å². The van der Waals surface area contributed by atoms with Crippen LogP contribution in [0.15, 0.2) is 12.1 Å². The number of aliphatic hydroxyl groups excluding tert-OH is 1. The normalized spacial score (nSPS) is 24.9. The molecule has 1 fully saturated rings. The van der Waals surface area contributed by atoms with E-state index in [-0.39, 0.29) is 6.10 Å². The molecule has 1 saturated carbocycles. The van der Waals surface area contributed by atoms with Crippen molar-refractivity contribution in [3.8, 4) is 5.75 Å². The molecule has 94 valence electrons. The number of phenolic OH excluding ortho intramolecular Hbond substituents is 1. The molecule has 1 aliphatic carbocycles. The van der Waals surface area contributed by atoms with Gasteiger partial charge in [-0.3, -0.25) is 0 Å². The Morgan fingerprint density at radius 1 is 1.06 bits per heavy atom. The van der Waals surface area contributed by atoms with Crippen molar-refractivity contribution in [2.24, 2.45) is 5.92 Å². The minimum Gasteiger partial charge on any atom is -0.507 e. The summed E-state index contributed by atoms with van der Waals surface area (Å²) in [6, 6.07) is 4.18. The zero-order valence-electron chi connectivity index (χ0n) is 10.7. The van der Waals surface area contributed by atoms with Crippen LogP contribution >= 0.6 is 0 Å². The Morgan fingerprint density at radius 3 is 2.12 bits per heavy atom. The SMILES string of the molecule is Cc1cc(CC2CCC(O)CC2)cc(C)c1O. The molecule has 0 heterocycles. The third-order valence-electron chi connectivity index (χ3n) is 3.89. The van der Waals surface area contributed by atoms with Crippen LogP contribution < -0.4 is 0 Å². The van der Waals surface area contributed by atoms with Crippen LogP contribution in [-0.2, 0) is 6.42 Å². The average molecular weight is 234 g/mol. The van der Waals surface area contributed by atoms with E-state index in [0.29, 0.717) is 11.7 Å². The number of aromatic hydroxyl groups is 1. The van der Waals surface area contributed by atoms with Crippen molar-refractivity contribution in [2.75, 3.05) is 0 Å². The molecule has 1 aromatic rings. The summed E-state index contributed by atoms with van der Waals surface area (Å²) in [6.07, 6.45) is 5.14. The van der Waals surface area contributed by atoms with Gasteiger partial charge in [-0.1, -0.05) is 12.1 Å². The number of aliphatic hydroxyl groups is 1. The van der Waals surface area contributed by atoms with Crippen LogP contribution in [0.25, 0.3) is 0 Å². The first-order valence-electron chi connectivity index (χ1n) is 6.53. The van der Waals surface area contributed by atoms with Crippen LogP contribution in [0.1, 0.15) is 42.4 Å². The van der Waals surface area contributed by atoms with Gasteiger partial charge in [0.1, 0.15) is 5.75 Å². The van der Waals surface area contributed by atoms with E-state index in [9.17, 15) is 10.2 Å². The highest BCUT2D eigenvalue weighted by Gasteiger charge is 2.19. The lowest BCUT2D eigenvalue weighted by Gasteiger charge is -2.25. The number of phenols is 1. The Kier molecular flexibility index (Phi) is 3.72. The first-order valence-corrected chi connectivity index (χ1v) is 6.53. The van der Waals surface area contributed by atoms with Crippen molar-refractivity contribution in [3.63, 3.8) is 0 Å². The first-order chi connectivity index (χ1) is 8.06. The zero-order valence-corrected chi connectivity index (χ0v) is 10.7. The number of hydrogen-bond acceptors (Lipinski definition) is 2. The minimum atomic E-state index is -0.0745. The topological polar surface area (TPSA) is 40.5 Å². The van der Waals surface area contributed by atoms with Crippen molar-refractivity contribution >= 4 is 0 Å². The number of aryl methyl sites for hydroxylation is 2. The minimum absolute atomic E-state index is 0.0745. The van der Waals surface area contributed by atoms with Gasteiger partial charge in [-0.05, 0) is 68.6 Å². The van der Waals surface area contributed by atoms with Gasteiger partial charge in [0, 0.05) is 0 Å². The lowest BCUT2D eigenvalue weighted by Crippen LogP contribution is -2.19. The van der Waals surface area contributed by atoms with Crippen LogP contribution in [0.3, 0.4) is 0 Å². The molecule has 1 aromatic carbocycles. The summed E-state index contributed by atoms with van der Waals surface area (Å²) in [7, 11) is 0. The van der Waals surface area contributed by atoms with E-state index in [1.807, 2.05) is 13.8 Å². The summed E-state index contributed by atoms with van der Waals surface area (Å²) in [5.74, 6) is 1.12. The maximum Gasteiger partial charge on any atom is 0.121 e. The fourth-order valence-corrected chi connectivity index (χ4v) is 2.85. The first kappa shape index (κ1) is 12.4. The van der Waals surface area contributed by atoms with Crippen LogP contribution in [0.5, 0.6) is 5.75 Å². The standard InChI is InChI=1S/C15H22O2/c1-10-7-13(8-11(2)15(10)17)9-12-3-5-14(16)6-4-12/h7-8,12,14,16-17H,3-6,9H2,1-2H3. The van der Waals surface area contributed by atoms with Crippen LogP contribution in [0, 0.1) is 19.8 Å². The third-order valence-corrected chi connectivity index (χ3v) is 3.89. The molecule has 0 radical (unpaired) electrons. The number of hydrogen-bond donors (Lipinski definition) is 2. The second-order valence-corrected chi connectivity index (χ2v) is 5.46. The third kappa shape index (κ3) is 3.01. The fourth-order valence-electron chi connectivity index (χ4n) is 2.85. The van der Waals surface area contributed by atoms with Crippen molar-refractivity contribution in [3.05, 3.63) is 28.8 Å². The Morgan fingerprint density at radius 2 is 1.59 bits per heavy atom. The Hall–Kier alpha value is -1.02. The summed E-state index contributed by atoms with van der Waals surface area (Å²) in [4.78, 5) is 0. The summed E-state index contributed by atoms with van der Waals surface area (Å²) in [6.45, 7) is 3.91.